The molecular weight excluding hydrogens is 306 g/mol. The van der Waals surface area contributed by atoms with E-state index in [0.29, 0.717) is 22.7 Å². The quantitative estimate of drug-likeness (QED) is 0.739. The second-order valence-electron chi connectivity index (χ2n) is 4.81. The molecule has 0 aliphatic heterocycles. The van der Waals surface area contributed by atoms with Crippen LogP contribution in [0.3, 0.4) is 0 Å². The lowest BCUT2D eigenvalue weighted by Gasteiger charge is -2.09. The van der Waals surface area contributed by atoms with Gasteiger partial charge in [-0.2, -0.15) is 0 Å². The van der Waals surface area contributed by atoms with Crippen molar-refractivity contribution in [1.29, 1.82) is 0 Å². The molecule has 3 N–H and O–H groups in total. The molecule has 0 bridgehead atoms. The molecule has 2 aromatic carbocycles. The number of nitrogens with one attached hydrogen (secondary N) is 3. The van der Waals surface area contributed by atoms with Crippen molar-refractivity contribution in [3.05, 3.63) is 54.1 Å². The predicted molar refractivity (Wildman–Crippen MR) is 93.0 cm³/mol. The highest BCUT2D eigenvalue weighted by atomic mass is 16.5. The Hall–Kier alpha value is -3.46. The SMILES string of the molecule is C#Cc1cccc(NC(=O)CNC(=O)Nc2cccc(OC)c2)c1. The molecule has 2 rings (SSSR count). The van der Waals surface area contributed by atoms with Gasteiger partial charge in [-0.05, 0) is 30.3 Å². The van der Waals surface area contributed by atoms with E-state index in [4.69, 9.17) is 11.2 Å². The number of urea groups is 1. The minimum Gasteiger partial charge on any atom is -0.497 e. The van der Waals surface area contributed by atoms with Gasteiger partial charge in [-0.1, -0.05) is 18.1 Å². The molecule has 0 saturated carbocycles. The van der Waals surface area contributed by atoms with Gasteiger partial charge < -0.3 is 20.7 Å². The van der Waals surface area contributed by atoms with E-state index >= 15 is 0 Å². The first-order valence-corrected chi connectivity index (χ1v) is 7.16. The van der Waals surface area contributed by atoms with Crippen LogP contribution in [0.5, 0.6) is 5.75 Å². The molecule has 0 aromatic heterocycles. The van der Waals surface area contributed by atoms with Crippen LogP contribution in [-0.4, -0.2) is 25.6 Å². The average molecular weight is 323 g/mol. The van der Waals surface area contributed by atoms with E-state index < -0.39 is 6.03 Å². The summed E-state index contributed by atoms with van der Waals surface area (Å²) in [5.41, 5.74) is 1.80. The number of amides is 3. The number of anilines is 2. The Morgan fingerprint density at radius 2 is 1.79 bits per heavy atom. The number of benzene rings is 2. The van der Waals surface area contributed by atoms with Crippen LogP contribution in [0.1, 0.15) is 5.56 Å². The summed E-state index contributed by atoms with van der Waals surface area (Å²) in [6.07, 6.45) is 5.30. The Labute approximate surface area is 140 Å². The van der Waals surface area contributed by atoms with Gasteiger partial charge in [0.05, 0.1) is 13.7 Å². The molecule has 0 radical (unpaired) electrons. The fourth-order valence-electron chi connectivity index (χ4n) is 1.93. The molecule has 0 heterocycles. The van der Waals surface area contributed by atoms with E-state index in [1.165, 1.54) is 0 Å². The second kappa shape index (κ2) is 8.25. The van der Waals surface area contributed by atoms with E-state index in [9.17, 15) is 9.59 Å². The van der Waals surface area contributed by atoms with Crippen molar-refractivity contribution < 1.29 is 14.3 Å². The summed E-state index contributed by atoms with van der Waals surface area (Å²) in [7, 11) is 1.54. The highest BCUT2D eigenvalue weighted by molar-refractivity contribution is 5.97. The third-order valence-electron chi connectivity index (χ3n) is 3.05. The highest BCUT2D eigenvalue weighted by Gasteiger charge is 2.07. The Kier molecular flexibility index (Phi) is 5.81. The van der Waals surface area contributed by atoms with Gasteiger partial charge in [0.2, 0.25) is 5.91 Å². The third-order valence-corrected chi connectivity index (χ3v) is 3.05. The molecule has 6 nitrogen and oxygen atoms in total. The molecule has 2 aromatic rings. The minimum atomic E-state index is -0.490. The highest BCUT2D eigenvalue weighted by Crippen LogP contribution is 2.16. The molecule has 0 spiro atoms. The summed E-state index contributed by atoms with van der Waals surface area (Å²) in [6.45, 7) is -0.171. The number of carbonyl (C=O) groups excluding carboxylic acids is 2. The fraction of sp³-hybridized carbons (Fsp3) is 0.111. The first-order valence-electron chi connectivity index (χ1n) is 7.16. The van der Waals surface area contributed by atoms with Crippen molar-refractivity contribution in [2.24, 2.45) is 0 Å². The van der Waals surface area contributed by atoms with Gasteiger partial charge >= 0.3 is 6.03 Å². The number of hydrogen-bond acceptors (Lipinski definition) is 3. The largest absolute Gasteiger partial charge is 0.497 e. The lowest BCUT2D eigenvalue weighted by atomic mass is 10.2. The maximum Gasteiger partial charge on any atom is 0.319 e. The summed E-state index contributed by atoms with van der Waals surface area (Å²) in [5.74, 6) is 2.75. The van der Waals surface area contributed by atoms with Crippen LogP contribution >= 0.6 is 0 Å². The van der Waals surface area contributed by atoms with Gasteiger partial charge in [-0.25, -0.2) is 4.79 Å². The van der Waals surface area contributed by atoms with Crippen LogP contribution in [-0.2, 0) is 4.79 Å². The van der Waals surface area contributed by atoms with E-state index in [1.807, 2.05) is 0 Å². The summed E-state index contributed by atoms with van der Waals surface area (Å²) in [6, 6.07) is 13.3. The summed E-state index contributed by atoms with van der Waals surface area (Å²) in [4.78, 5) is 23.6. The van der Waals surface area contributed by atoms with Crippen LogP contribution < -0.4 is 20.7 Å². The molecule has 0 atom stereocenters. The van der Waals surface area contributed by atoms with Crippen molar-refractivity contribution in [1.82, 2.24) is 5.32 Å². The van der Waals surface area contributed by atoms with Crippen molar-refractivity contribution in [3.63, 3.8) is 0 Å². The van der Waals surface area contributed by atoms with Crippen molar-refractivity contribution in [2.45, 2.75) is 0 Å². The lowest BCUT2D eigenvalue weighted by molar-refractivity contribution is -0.115. The zero-order valence-corrected chi connectivity index (χ0v) is 13.1. The van der Waals surface area contributed by atoms with Crippen LogP contribution in [0.4, 0.5) is 16.2 Å². The van der Waals surface area contributed by atoms with E-state index in [-0.39, 0.29) is 12.5 Å². The number of methoxy groups -OCH3 is 1. The van der Waals surface area contributed by atoms with Crippen molar-refractivity contribution in [3.8, 4) is 18.1 Å². The Bertz CT molecular complexity index is 781. The smallest absolute Gasteiger partial charge is 0.319 e. The first-order chi connectivity index (χ1) is 11.6. The van der Waals surface area contributed by atoms with Crippen LogP contribution in [0.25, 0.3) is 0 Å². The van der Waals surface area contributed by atoms with Crippen LogP contribution in [0.15, 0.2) is 48.5 Å². The third kappa shape index (κ3) is 5.07. The first kappa shape index (κ1) is 16.9. The van der Waals surface area contributed by atoms with E-state index in [2.05, 4.69) is 21.9 Å². The van der Waals surface area contributed by atoms with Gasteiger partial charge in [-0.15, -0.1) is 6.42 Å². The molecule has 0 saturated heterocycles. The molecule has 0 fully saturated rings. The Morgan fingerprint density at radius 3 is 2.50 bits per heavy atom. The monoisotopic (exact) mass is 323 g/mol. The lowest BCUT2D eigenvalue weighted by Crippen LogP contribution is -2.35. The zero-order chi connectivity index (χ0) is 17.4. The zero-order valence-electron chi connectivity index (χ0n) is 13.1. The topological polar surface area (TPSA) is 79.5 Å². The Morgan fingerprint density at radius 1 is 1.08 bits per heavy atom. The molecule has 0 aliphatic rings. The minimum absolute atomic E-state index is 0.171. The summed E-state index contributed by atoms with van der Waals surface area (Å²) in [5, 5.41) is 7.75. The predicted octanol–water partition coefficient (Wildman–Crippen LogP) is 2.44. The molecule has 0 aliphatic carbocycles. The number of carbonyl (C=O) groups is 2. The molecule has 3 amide bonds. The normalized spacial score (nSPS) is 9.50. The van der Waals surface area contributed by atoms with Gasteiger partial charge in [0, 0.05) is 23.0 Å². The van der Waals surface area contributed by atoms with Gasteiger partial charge in [0.25, 0.3) is 0 Å². The van der Waals surface area contributed by atoms with Gasteiger partial charge in [0.1, 0.15) is 5.75 Å². The number of ether oxygens (including phenoxy) is 1. The Balaban J connectivity index is 1.82. The molecule has 6 heteroatoms. The fourth-order valence-corrected chi connectivity index (χ4v) is 1.93. The maximum absolute atomic E-state index is 11.8. The molecule has 122 valence electrons. The number of hydrogen-bond donors (Lipinski definition) is 3. The van der Waals surface area contributed by atoms with Crippen LogP contribution in [0, 0.1) is 12.3 Å². The van der Waals surface area contributed by atoms with E-state index in [0.717, 1.165) is 0 Å². The average Bonchev–Trinajstić information content (AvgIpc) is 2.60. The number of terminal acetylenes is 1. The van der Waals surface area contributed by atoms with E-state index in [1.54, 1.807) is 55.6 Å². The summed E-state index contributed by atoms with van der Waals surface area (Å²) < 4.78 is 5.07. The standard InChI is InChI=1S/C18H17N3O3/c1-3-13-6-4-7-14(10-13)20-17(22)12-19-18(23)21-15-8-5-9-16(11-15)24-2/h1,4-11H,12H2,2H3,(H,20,22)(H2,19,21,23). The van der Waals surface area contributed by atoms with Crippen molar-refractivity contribution in [2.75, 3.05) is 24.3 Å². The molecule has 0 unspecified atom stereocenters. The van der Waals surface area contributed by atoms with Crippen LogP contribution in [0.2, 0.25) is 0 Å². The molecular formula is C18H17N3O3. The summed E-state index contributed by atoms with van der Waals surface area (Å²) >= 11 is 0. The number of rotatable bonds is 5. The molecule has 24 heavy (non-hydrogen) atoms. The second-order valence-corrected chi connectivity index (χ2v) is 4.81. The maximum atomic E-state index is 11.8. The van der Waals surface area contributed by atoms with Gasteiger partial charge in [0.15, 0.2) is 0 Å². The van der Waals surface area contributed by atoms with Gasteiger partial charge in [-0.3, -0.25) is 4.79 Å². The van der Waals surface area contributed by atoms with Crippen molar-refractivity contribution >= 4 is 23.3 Å².